The molecule has 5 nitrogen and oxygen atoms in total. The van der Waals surface area contributed by atoms with Crippen LogP contribution in [0.2, 0.25) is 0 Å². The molecule has 0 fully saturated rings. The van der Waals surface area contributed by atoms with Crippen molar-refractivity contribution in [3.63, 3.8) is 0 Å². The van der Waals surface area contributed by atoms with Gasteiger partial charge in [-0.1, -0.05) is 58.4 Å². The quantitative estimate of drug-likeness (QED) is 0.693. The summed E-state index contributed by atoms with van der Waals surface area (Å²) in [5, 5.41) is 2.80. The Morgan fingerprint density at radius 3 is 2.27 bits per heavy atom. The highest BCUT2D eigenvalue weighted by Crippen LogP contribution is 2.35. The summed E-state index contributed by atoms with van der Waals surface area (Å²) in [7, 11) is 1.33. The molecule has 0 aromatic heterocycles. The maximum absolute atomic E-state index is 12.3. The molecule has 0 aliphatic carbocycles. The van der Waals surface area contributed by atoms with E-state index in [1.54, 1.807) is 13.8 Å². The van der Waals surface area contributed by atoms with E-state index in [1.807, 2.05) is 54.6 Å². The van der Waals surface area contributed by atoms with Gasteiger partial charge in [0.25, 0.3) is 0 Å². The second kappa shape index (κ2) is 8.85. The van der Waals surface area contributed by atoms with Crippen LogP contribution in [0.5, 0.6) is 0 Å². The van der Waals surface area contributed by atoms with Gasteiger partial charge in [-0.2, -0.15) is 0 Å². The lowest BCUT2D eigenvalue weighted by Crippen LogP contribution is -2.43. The molecule has 1 atom stereocenters. The van der Waals surface area contributed by atoms with Crippen molar-refractivity contribution >= 4 is 28.0 Å². The molecule has 1 unspecified atom stereocenters. The summed E-state index contributed by atoms with van der Waals surface area (Å²) in [6.45, 7) is 3.60. The maximum atomic E-state index is 12.3. The van der Waals surface area contributed by atoms with Crippen LogP contribution in [0, 0.1) is 5.41 Å². The van der Waals surface area contributed by atoms with Gasteiger partial charge in [0, 0.05) is 4.47 Å². The number of carbonyl (C=O) groups excluding carboxylic acids is 2. The molecule has 0 spiro atoms. The predicted octanol–water partition coefficient (Wildman–Crippen LogP) is 4.62. The van der Waals surface area contributed by atoms with Crippen LogP contribution in [-0.2, 0) is 20.9 Å². The Balaban J connectivity index is 2.16. The van der Waals surface area contributed by atoms with Gasteiger partial charge in [0.2, 0.25) is 0 Å². The smallest absolute Gasteiger partial charge is 0.407 e. The number of nitrogens with one attached hydrogen (secondary N) is 1. The minimum atomic E-state index is -0.978. The lowest BCUT2D eigenvalue weighted by molar-refractivity contribution is -0.152. The molecule has 1 amide bonds. The first-order valence-corrected chi connectivity index (χ1v) is 8.95. The Labute approximate surface area is 161 Å². The topological polar surface area (TPSA) is 64.6 Å². The number of amides is 1. The SMILES string of the molecule is COC(=O)C(C)(C)C(NC(=O)OCc1ccccc1)c1ccc(Br)cc1. The number of methoxy groups -OCH3 is 1. The van der Waals surface area contributed by atoms with Crippen LogP contribution in [0.1, 0.15) is 31.0 Å². The minimum absolute atomic E-state index is 0.151. The minimum Gasteiger partial charge on any atom is -0.469 e. The van der Waals surface area contributed by atoms with E-state index in [9.17, 15) is 9.59 Å². The van der Waals surface area contributed by atoms with E-state index in [0.29, 0.717) is 0 Å². The van der Waals surface area contributed by atoms with E-state index in [0.717, 1.165) is 15.6 Å². The zero-order valence-electron chi connectivity index (χ0n) is 15.0. The molecule has 26 heavy (non-hydrogen) atoms. The average molecular weight is 420 g/mol. The van der Waals surface area contributed by atoms with Gasteiger partial charge in [-0.05, 0) is 37.1 Å². The highest BCUT2D eigenvalue weighted by atomic mass is 79.9. The highest BCUT2D eigenvalue weighted by Gasteiger charge is 2.40. The van der Waals surface area contributed by atoms with E-state index in [2.05, 4.69) is 21.2 Å². The van der Waals surface area contributed by atoms with Gasteiger partial charge >= 0.3 is 12.1 Å². The van der Waals surface area contributed by atoms with Crippen LogP contribution in [-0.4, -0.2) is 19.2 Å². The molecule has 138 valence electrons. The van der Waals surface area contributed by atoms with Gasteiger partial charge in [0.1, 0.15) is 6.61 Å². The third-order valence-electron chi connectivity index (χ3n) is 4.11. The molecule has 0 bridgehead atoms. The van der Waals surface area contributed by atoms with Gasteiger partial charge in [-0.3, -0.25) is 4.79 Å². The van der Waals surface area contributed by atoms with Gasteiger partial charge in [0.05, 0.1) is 18.6 Å². The fourth-order valence-corrected chi connectivity index (χ4v) is 2.86. The summed E-state index contributed by atoms with van der Waals surface area (Å²) in [5.41, 5.74) is 0.685. The fraction of sp³-hybridized carbons (Fsp3) is 0.300. The first-order valence-electron chi connectivity index (χ1n) is 8.15. The van der Waals surface area contributed by atoms with Crippen LogP contribution in [0.3, 0.4) is 0 Å². The average Bonchev–Trinajstić information content (AvgIpc) is 2.65. The number of carbonyl (C=O) groups is 2. The van der Waals surface area contributed by atoms with Crippen molar-refractivity contribution in [3.8, 4) is 0 Å². The Hall–Kier alpha value is -2.34. The molecule has 0 saturated carbocycles. The number of esters is 1. The number of alkyl carbamates (subject to hydrolysis) is 1. The Bertz CT molecular complexity index is 744. The molecule has 6 heteroatoms. The van der Waals surface area contributed by atoms with Gasteiger partial charge in [-0.25, -0.2) is 4.79 Å². The standard InChI is InChI=1S/C20H22BrNO4/c1-20(2,18(23)25-3)17(15-9-11-16(21)12-10-15)22-19(24)26-13-14-7-5-4-6-8-14/h4-12,17H,13H2,1-3H3,(H,22,24). The number of ether oxygens (including phenoxy) is 2. The van der Waals surface area contributed by atoms with Crippen LogP contribution in [0.4, 0.5) is 4.79 Å². The lowest BCUT2D eigenvalue weighted by Gasteiger charge is -2.32. The first-order chi connectivity index (χ1) is 12.3. The summed E-state index contributed by atoms with van der Waals surface area (Å²) < 4.78 is 11.1. The summed E-state index contributed by atoms with van der Waals surface area (Å²) in [6.07, 6.45) is -0.598. The normalized spacial score (nSPS) is 12.2. The Morgan fingerprint density at radius 1 is 1.08 bits per heavy atom. The van der Waals surface area contributed by atoms with E-state index in [-0.39, 0.29) is 6.61 Å². The molecule has 0 radical (unpaired) electrons. The Morgan fingerprint density at radius 2 is 1.69 bits per heavy atom. The van der Waals surface area contributed by atoms with E-state index < -0.39 is 23.5 Å². The van der Waals surface area contributed by atoms with Crippen molar-refractivity contribution in [2.24, 2.45) is 5.41 Å². The van der Waals surface area contributed by atoms with Crippen LogP contribution in [0.15, 0.2) is 59.1 Å². The summed E-state index contributed by atoms with van der Waals surface area (Å²) in [5.74, 6) is -0.422. The monoisotopic (exact) mass is 419 g/mol. The summed E-state index contributed by atoms with van der Waals surface area (Å²) >= 11 is 3.39. The predicted molar refractivity (Wildman–Crippen MR) is 102 cm³/mol. The molecular weight excluding hydrogens is 398 g/mol. The molecule has 2 rings (SSSR count). The second-order valence-corrected chi connectivity index (χ2v) is 7.32. The van der Waals surface area contributed by atoms with Gasteiger partial charge in [0.15, 0.2) is 0 Å². The molecule has 0 aliphatic heterocycles. The largest absolute Gasteiger partial charge is 0.469 e. The van der Waals surface area contributed by atoms with Crippen molar-refractivity contribution < 1.29 is 19.1 Å². The second-order valence-electron chi connectivity index (χ2n) is 6.40. The van der Waals surface area contributed by atoms with Gasteiger partial charge < -0.3 is 14.8 Å². The van der Waals surface area contributed by atoms with Crippen molar-refractivity contribution in [1.29, 1.82) is 0 Å². The molecular formula is C20H22BrNO4. The van der Waals surface area contributed by atoms with Crippen molar-refractivity contribution in [2.75, 3.05) is 7.11 Å². The van der Waals surface area contributed by atoms with Crippen molar-refractivity contribution in [3.05, 3.63) is 70.2 Å². The summed E-state index contributed by atoms with van der Waals surface area (Å²) in [6, 6.07) is 16.2. The third-order valence-corrected chi connectivity index (χ3v) is 4.64. The third kappa shape index (κ3) is 5.08. The van der Waals surface area contributed by atoms with E-state index in [1.165, 1.54) is 7.11 Å². The zero-order chi connectivity index (χ0) is 19.2. The number of benzene rings is 2. The molecule has 2 aromatic rings. The number of rotatable bonds is 6. The number of halogens is 1. The highest BCUT2D eigenvalue weighted by molar-refractivity contribution is 9.10. The van der Waals surface area contributed by atoms with Crippen molar-refractivity contribution in [1.82, 2.24) is 5.32 Å². The molecule has 0 aliphatic rings. The van der Waals surface area contributed by atoms with E-state index >= 15 is 0 Å². The summed E-state index contributed by atoms with van der Waals surface area (Å²) in [4.78, 5) is 24.6. The van der Waals surface area contributed by atoms with Crippen LogP contribution >= 0.6 is 15.9 Å². The van der Waals surface area contributed by atoms with Crippen molar-refractivity contribution in [2.45, 2.75) is 26.5 Å². The van der Waals surface area contributed by atoms with E-state index in [4.69, 9.17) is 9.47 Å². The Kier molecular flexibility index (Phi) is 6.80. The fourth-order valence-electron chi connectivity index (χ4n) is 2.60. The van der Waals surface area contributed by atoms with Gasteiger partial charge in [-0.15, -0.1) is 0 Å². The number of hydrogen-bond acceptors (Lipinski definition) is 4. The lowest BCUT2D eigenvalue weighted by atomic mass is 9.80. The molecule has 2 aromatic carbocycles. The zero-order valence-corrected chi connectivity index (χ0v) is 16.6. The molecule has 1 N–H and O–H groups in total. The van der Waals surface area contributed by atoms with Crippen LogP contribution < -0.4 is 5.32 Å². The molecule has 0 saturated heterocycles. The molecule has 0 heterocycles. The van der Waals surface area contributed by atoms with Crippen LogP contribution in [0.25, 0.3) is 0 Å². The first kappa shape index (κ1) is 20.0. The maximum Gasteiger partial charge on any atom is 0.407 e. The number of hydrogen-bond donors (Lipinski definition) is 1.